The number of hydrogen-bond acceptors (Lipinski definition) is 0. The fourth-order valence-corrected chi connectivity index (χ4v) is 2.60. The van der Waals surface area contributed by atoms with Crippen LogP contribution in [0.1, 0.15) is 18.9 Å². The average molecular weight is 232 g/mol. The molecule has 0 radical (unpaired) electrons. The standard InChI is InChI=1S/C18H16/c1-13-7-4-3-5-8-15-9-6-10-16-11-12-17(13)14(2)18(15)16/h4-12H,2-3H2,1H3/b7-4-,8-5-,17-13-. The highest BCUT2D eigenvalue weighted by Crippen LogP contribution is 2.16. The number of benzene rings is 2. The molecule has 2 bridgehead atoms. The summed E-state index contributed by atoms with van der Waals surface area (Å²) in [5.74, 6) is 0. The smallest absolute Gasteiger partial charge is 0.00388 e. The van der Waals surface area contributed by atoms with Crippen LogP contribution >= 0.6 is 0 Å². The van der Waals surface area contributed by atoms with Gasteiger partial charge in [-0.2, -0.15) is 0 Å². The molecule has 0 saturated carbocycles. The van der Waals surface area contributed by atoms with Crippen molar-refractivity contribution in [3.63, 3.8) is 0 Å². The van der Waals surface area contributed by atoms with E-state index in [1.54, 1.807) is 0 Å². The molecule has 1 aliphatic rings. The van der Waals surface area contributed by atoms with E-state index in [2.05, 4.69) is 68.1 Å². The first-order valence-corrected chi connectivity index (χ1v) is 6.32. The van der Waals surface area contributed by atoms with Gasteiger partial charge in [0.25, 0.3) is 0 Å². The van der Waals surface area contributed by atoms with Crippen LogP contribution in [0.2, 0.25) is 0 Å². The normalized spacial score (nSPS) is 20.9. The molecular formula is C18H16. The first kappa shape index (κ1) is 11.0. The first-order chi connectivity index (χ1) is 8.77. The largest absolute Gasteiger partial charge is 0.0905 e. The highest BCUT2D eigenvalue weighted by atomic mass is 14.1. The van der Waals surface area contributed by atoms with E-state index in [0.717, 1.165) is 11.6 Å². The minimum atomic E-state index is 0.977. The summed E-state index contributed by atoms with van der Waals surface area (Å²) in [5.41, 5.74) is 2.55. The van der Waals surface area contributed by atoms with E-state index in [-0.39, 0.29) is 0 Å². The van der Waals surface area contributed by atoms with Crippen LogP contribution in [0.3, 0.4) is 0 Å². The summed E-state index contributed by atoms with van der Waals surface area (Å²) in [6.45, 7) is 6.45. The van der Waals surface area contributed by atoms with E-state index in [0.29, 0.717) is 0 Å². The monoisotopic (exact) mass is 232 g/mol. The molecule has 0 N–H and O–H groups in total. The van der Waals surface area contributed by atoms with Crippen LogP contribution in [-0.2, 0) is 0 Å². The Kier molecular flexibility index (Phi) is 2.64. The zero-order chi connectivity index (χ0) is 12.5. The van der Waals surface area contributed by atoms with Crippen molar-refractivity contribution >= 4 is 29.0 Å². The maximum Gasteiger partial charge on any atom is -0.00388 e. The van der Waals surface area contributed by atoms with Gasteiger partial charge in [0.2, 0.25) is 0 Å². The lowest BCUT2D eigenvalue weighted by Crippen LogP contribution is -2.26. The third-order valence-corrected chi connectivity index (χ3v) is 3.55. The molecule has 0 heteroatoms. The molecule has 0 aromatic heterocycles. The predicted molar refractivity (Wildman–Crippen MR) is 80.6 cm³/mol. The second-order valence-electron chi connectivity index (χ2n) is 4.76. The van der Waals surface area contributed by atoms with Gasteiger partial charge in [-0.25, -0.2) is 0 Å². The van der Waals surface area contributed by atoms with Gasteiger partial charge in [-0.1, -0.05) is 61.2 Å². The highest BCUT2D eigenvalue weighted by molar-refractivity contribution is 5.91. The van der Waals surface area contributed by atoms with E-state index in [1.807, 2.05) is 0 Å². The molecule has 0 saturated heterocycles. The zero-order valence-electron chi connectivity index (χ0n) is 10.6. The molecule has 0 amide bonds. The predicted octanol–water partition coefficient (Wildman–Crippen LogP) is 3.39. The van der Waals surface area contributed by atoms with Crippen molar-refractivity contribution in [2.45, 2.75) is 13.3 Å². The van der Waals surface area contributed by atoms with Crippen molar-refractivity contribution in [3.05, 3.63) is 64.6 Å². The Morgan fingerprint density at radius 3 is 2.72 bits per heavy atom. The fourth-order valence-electron chi connectivity index (χ4n) is 2.60. The van der Waals surface area contributed by atoms with E-state index < -0.39 is 0 Å². The Morgan fingerprint density at radius 1 is 1.00 bits per heavy atom. The molecule has 88 valence electrons. The van der Waals surface area contributed by atoms with E-state index in [1.165, 1.54) is 27.1 Å². The molecule has 1 aliphatic carbocycles. The minimum absolute atomic E-state index is 0.977. The Morgan fingerprint density at radius 2 is 1.83 bits per heavy atom. The maximum absolute atomic E-state index is 4.30. The lowest BCUT2D eigenvalue weighted by molar-refractivity contribution is 1.39. The van der Waals surface area contributed by atoms with Gasteiger partial charge in [-0.3, -0.25) is 0 Å². The highest BCUT2D eigenvalue weighted by Gasteiger charge is 2.01. The summed E-state index contributed by atoms with van der Waals surface area (Å²) in [7, 11) is 0. The topological polar surface area (TPSA) is 0 Å². The number of rotatable bonds is 0. The SMILES string of the molecule is C=c1\c2ccc3cccc(c13)/C=C\C/C=C\C=2C. The van der Waals surface area contributed by atoms with Crippen molar-refractivity contribution in [2.75, 3.05) is 0 Å². The molecule has 0 nitrogen and oxygen atoms in total. The fraction of sp³-hybridized carbons (Fsp3) is 0.111. The summed E-state index contributed by atoms with van der Waals surface area (Å²) in [6.07, 6.45) is 9.77. The van der Waals surface area contributed by atoms with Gasteiger partial charge in [0.05, 0.1) is 0 Å². The summed E-state index contributed by atoms with van der Waals surface area (Å²) < 4.78 is 0. The molecule has 3 rings (SSSR count). The molecule has 18 heavy (non-hydrogen) atoms. The van der Waals surface area contributed by atoms with E-state index in [9.17, 15) is 0 Å². The third-order valence-electron chi connectivity index (χ3n) is 3.55. The van der Waals surface area contributed by atoms with Gasteiger partial charge >= 0.3 is 0 Å². The van der Waals surface area contributed by atoms with Crippen molar-refractivity contribution in [1.29, 1.82) is 0 Å². The van der Waals surface area contributed by atoms with Crippen LogP contribution in [0, 0.1) is 0 Å². The lowest BCUT2D eigenvalue weighted by atomic mass is 9.98. The second kappa shape index (κ2) is 4.30. The summed E-state index contributed by atoms with van der Waals surface area (Å²) in [6, 6.07) is 10.8. The van der Waals surface area contributed by atoms with Crippen LogP contribution in [0.4, 0.5) is 0 Å². The summed E-state index contributed by atoms with van der Waals surface area (Å²) in [4.78, 5) is 0. The van der Waals surface area contributed by atoms with Crippen molar-refractivity contribution in [2.24, 2.45) is 0 Å². The molecule has 0 atom stereocenters. The zero-order valence-corrected chi connectivity index (χ0v) is 10.6. The Labute approximate surface area is 107 Å². The van der Waals surface area contributed by atoms with Crippen molar-refractivity contribution in [1.82, 2.24) is 0 Å². The number of fused-ring (bicyclic) bond motifs is 1. The van der Waals surface area contributed by atoms with Gasteiger partial charge in [-0.05, 0) is 45.7 Å². The van der Waals surface area contributed by atoms with Crippen LogP contribution in [0.5, 0.6) is 0 Å². The van der Waals surface area contributed by atoms with Gasteiger partial charge < -0.3 is 0 Å². The molecule has 2 aromatic rings. The van der Waals surface area contributed by atoms with Crippen molar-refractivity contribution in [3.8, 4) is 0 Å². The van der Waals surface area contributed by atoms with E-state index >= 15 is 0 Å². The van der Waals surface area contributed by atoms with E-state index in [4.69, 9.17) is 0 Å². The summed E-state index contributed by atoms with van der Waals surface area (Å²) in [5, 5.41) is 4.93. The molecule has 0 spiro atoms. The van der Waals surface area contributed by atoms with Crippen LogP contribution in [0.25, 0.3) is 29.0 Å². The molecule has 0 fully saturated rings. The third kappa shape index (κ3) is 1.70. The van der Waals surface area contributed by atoms with Gasteiger partial charge in [-0.15, -0.1) is 0 Å². The minimum Gasteiger partial charge on any atom is -0.0905 e. The molecular weight excluding hydrogens is 216 g/mol. The van der Waals surface area contributed by atoms with Gasteiger partial charge in [0.1, 0.15) is 0 Å². The van der Waals surface area contributed by atoms with Crippen LogP contribution < -0.4 is 10.4 Å². The Hall–Kier alpha value is -2.08. The molecule has 0 heterocycles. The molecule has 0 aliphatic heterocycles. The molecule has 2 aromatic carbocycles. The van der Waals surface area contributed by atoms with Crippen LogP contribution in [-0.4, -0.2) is 0 Å². The quantitative estimate of drug-likeness (QED) is 0.653. The van der Waals surface area contributed by atoms with Crippen LogP contribution in [0.15, 0.2) is 48.6 Å². The Balaban J connectivity index is 2.60. The van der Waals surface area contributed by atoms with Crippen molar-refractivity contribution < 1.29 is 0 Å². The number of hydrogen-bond donors (Lipinski definition) is 0. The van der Waals surface area contributed by atoms with Gasteiger partial charge in [0.15, 0.2) is 0 Å². The first-order valence-electron chi connectivity index (χ1n) is 6.32. The lowest BCUT2D eigenvalue weighted by Gasteiger charge is -2.06. The number of allylic oxidation sites excluding steroid dienone is 3. The summed E-state index contributed by atoms with van der Waals surface area (Å²) >= 11 is 0. The second-order valence-corrected chi connectivity index (χ2v) is 4.76. The van der Waals surface area contributed by atoms with Gasteiger partial charge in [0, 0.05) is 0 Å². The molecule has 0 unspecified atom stereocenters. The maximum atomic E-state index is 4.30. The Bertz CT molecular complexity index is 774. The average Bonchev–Trinajstić information content (AvgIpc) is 2.38.